The summed E-state index contributed by atoms with van der Waals surface area (Å²) in [5.74, 6) is 0.809. The summed E-state index contributed by atoms with van der Waals surface area (Å²) in [4.78, 5) is 0. The molecule has 0 saturated heterocycles. The Labute approximate surface area is 130 Å². The highest BCUT2D eigenvalue weighted by Crippen LogP contribution is 2.40. The lowest BCUT2D eigenvalue weighted by Gasteiger charge is -2.11. The van der Waals surface area contributed by atoms with Gasteiger partial charge in [-0.15, -0.1) is 0 Å². The molecule has 0 spiro atoms. The maximum Gasteiger partial charge on any atom is 0.0790 e. The van der Waals surface area contributed by atoms with E-state index in [0.717, 1.165) is 24.3 Å². The molecule has 1 saturated carbocycles. The SMILES string of the molecule is CCCCCCCCCCC(O)c1ccc(C2CC2)cc1. The minimum atomic E-state index is -0.265. The molecule has 0 radical (unpaired) electrons. The predicted molar refractivity (Wildman–Crippen MR) is 90.6 cm³/mol. The van der Waals surface area contributed by atoms with Crippen LogP contribution in [-0.4, -0.2) is 5.11 Å². The van der Waals surface area contributed by atoms with Gasteiger partial charge in [0.25, 0.3) is 0 Å². The maximum atomic E-state index is 10.2. The largest absolute Gasteiger partial charge is 0.388 e. The van der Waals surface area contributed by atoms with Gasteiger partial charge in [0.2, 0.25) is 0 Å². The van der Waals surface area contributed by atoms with Crippen LogP contribution in [0.1, 0.15) is 101 Å². The molecule has 1 atom stereocenters. The Bertz CT molecular complexity index is 377. The number of unbranched alkanes of at least 4 members (excludes halogenated alkanes) is 7. The van der Waals surface area contributed by atoms with Crippen molar-refractivity contribution in [3.05, 3.63) is 35.4 Å². The van der Waals surface area contributed by atoms with Gasteiger partial charge in [0.05, 0.1) is 6.10 Å². The van der Waals surface area contributed by atoms with Gasteiger partial charge < -0.3 is 5.11 Å². The molecule has 1 aliphatic carbocycles. The van der Waals surface area contributed by atoms with E-state index >= 15 is 0 Å². The first-order valence-electron chi connectivity index (χ1n) is 9.09. The van der Waals surface area contributed by atoms with Crippen molar-refractivity contribution in [1.82, 2.24) is 0 Å². The average Bonchev–Trinajstić information content (AvgIpc) is 3.35. The van der Waals surface area contributed by atoms with Crippen LogP contribution in [-0.2, 0) is 0 Å². The number of hydrogen-bond donors (Lipinski definition) is 1. The highest BCUT2D eigenvalue weighted by atomic mass is 16.3. The van der Waals surface area contributed by atoms with Crippen LogP contribution in [0.3, 0.4) is 0 Å². The Kier molecular flexibility index (Phi) is 7.29. The fourth-order valence-electron chi connectivity index (χ4n) is 3.05. The number of aliphatic hydroxyl groups excluding tert-OH is 1. The standard InChI is InChI=1S/C20H32O/c1-2-3-4-5-6-7-8-9-10-20(21)19-15-13-18(14-16-19)17-11-12-17/h13-17,20-21H,2-12H2,1H3. The molecule has 0 amide bonds. The van der Waals surface area contributed by atoms with Crippen LogP contribution in [0.25, 0.3) is 0 Å². The molecule has 1 nitrogen and oxygen atoms in total. The number of aliphatic hydroxyl groups is 1. The van der Waals surface area contributed by atoms with Crippen LogP contribution < -0.4 is 0 Å². The third-order valence-electron chi connectivity index (χ3n) is 4.70. The lowest BCUT2D eigenvalue weighted by Crippen LogP contribution is -1.97. The summed E-state index contributed by atoms with van der Waals surface area (Å²) in [5.41, 5.74) is 2.56. The Balaban J connectivity index is 1.55. The number of rotatable bonds is 11. The molecule has 118 valence electrons. The molecule has 1 N–H and O–H groups in total. The van der Waals surface area contributed by atoms with Gasteiger partial charge >= 0.3 is 0 Å². The molecule has 21 heavy (non-hydrogen) atoms. The van der Waals surface area contributed by atoms with E-state index in [0.29, 0.717) is 0 Å². The molecule has 1 fully saturated rings. The van der Waals surface area contributed by atoms with Crippen LogP contribution in [0.2, 0.25) is 0 Å². The molecule has 1 heteroatoms. The molecule has 1 aromatic carbocycles. The van der Waals surface area contributed by atoms with Gasteiger partial charge in [0.1, 0.15) is 0 Å². The fourth-order valence-corrected chi connectivity index (χ4v) is 3.05. The smallest absolute Gasteiger partial charge is 0.0790 e. The van der Waals surface area contributed by atoms with E-state index in [1.54, 1.807) is 0 Å². The molecule has 1 aromatic rings. The molecular weight excluding hydrogens is 256 g/mol. The third kappa shape index (κ3) is 6.22. The van der Waals surface area contributed by atoms with Crippen LogP contribution >= 0.6 is 0 Å². The fraction of sp³-hybridized carbons (Fsp3) is 0.700. The Hall–Kier alpha value is -0.820. The maximum absolute atomic E-state index is 10.2. The van der Waals surface area contributed by atoms with Gasteiger partial charge in [-0.1, -0.05) is 82.6 Å². The molecule has 1 unspecified atom stereocenters. The quantitative estimate of drug-likeness (QED) is 0.486. The zero-order valence-electron chi connectivity index (χ0n) is 13.7. The van der Waals surface area contributed by atoms with Crippen molar-refractivity contribution in [2.75, 3.05) is 0 Å². The molecule has 0 aromatic heterocycles. The molecule has 2 rings (SSSR count). The van der Waals surface area contributed by atoms with Crippen LogP contribution in [0.15, 0.2) is 24.3 Å². The van der Waals surface area contributed by atoms with Crippen molar-refractivity contribution in [3.63, 3.8) is 0 Å². The first-order valence-corrected chi connectivity index (χ1v) is 9.09. The highest BCUT2D eigenvalue weighted by molar-refractivity contribution is 5.29. The lowest BCUT2D eigenvalue weighted by atomic mass is 10.00. The van der Waals surface area contributed by atoms with E-state index in [2.05, 4.69) is 31.2 Å². The van der Waals surface area contributed by atoms with E-state index in [1.165, 1.54) is 63.4 Å². The second-order valence-electron chi connectivity index (χ2n) is 6.72. The van der Waals surface area contributed by atoms with E-state index in [1.807, 2.05) is 0 Å². The third-order valence-corrected chi connectivity index (χ3v) is 4.70. The molecule has 1 aliphatic rings. The highest BCUT2D eigenvalue weighted by Gasteiger charge is 2.23. The van der Waals surface area contributed by atoms with Crippen molar-refractivity contribution in [2.24, 2.45) is 0 Å². The van der Waals surface area contributed by atoms with E-state index in [-0.39, 0.29) is 6.10 Å². The second-order valence-corrected chi connectivity index (χ2v) is 6.72. The minimum Gasteiger partial charge on any atom is -0.388 e. The summed E-state index contributed by atoms with van der Waals surface area (Å²) >= 11 is 0. The number of hydrogen-bond acceptors (Lipinski definition) is 1. The molecule has 0 aliphatic heterocycles. The van der Waals surface area contributed by atoms with Gasteiger partial charge in [0, 0.05) is 0 Å². The predicted octanol–water partition coefficient (Wildman–Crippen LogP) is 6.13. The van der Waals surface area contributed by atoms with E-state index in [9.17, 15) is 5.11 Å². The van der Waals surface area contributed by atoms with Crippen molar-refractivity contribution in [2.45, 2.75) is 89.6 Å². The Morgan fingerprint density at radius 3 is 2.05 bits per heavy atom. The normalized spacial score (nSPS) is 16.1. The van der Waals surface area contributed by atoms with Crippen LogP contribution in [0.5, 0.6) is 0 Å². The van der Waals surface area contributed by atoms with Crippen LogP contribution in [0, 0.1) is 0 Å². The van der Waals surface area contributed by atoms with E-state index in [4.69, 9.17) is 0 Å². The van der Waals surface area contributed by atoms with Crippen molar-refractivity contribution in [1.29, 1.82) is 0 Å². The van der Waals surface area contributed by atoms with Gasteiger partial charge in [-0.25, -0.2) is 0 Å². The van der Waals surface area contributed by atoms with Gasteiger partial charge in [-0.2, -0.15) is 0 Å². The summed E-state index contributed by atoms with van der Waals surface area (Å²) < 4.78 is 0. The zero-order chi connectivity index (χ0) is 14.9. The van der Waals surface area contributed by atoms with Gasteiger partial charge in [-0.3, -0.25) is 0 Å². The summed E-state index contributed by atoms with van der Waals surface area (Å²) in [5, 5.41) is 10.2. The minimum absolute atomic E-state index is 0.265. The van der Waals surface area contributed by atoms with Crippen molar-refractivity contribution < 1.29 is 5.11 Å². The van der Waals surface area contributed by atoms with Gasteiger partial charge in [-0.05, 0) is 36.3 Å². The molecule has 0 heterocycles. The Morgan fingerprint density at radius 1 is 0.905 bits per heavy atom. The van der Waals surface area contributed by atoms with E-state index < -0.39 is 0 Å². The second kappa shape index (κ2) is 9.25. The first kappa shape index (κ1) is 16.5. The first-order chi connectivity index (χ1) is 10.3. The molecule has 0 bridgehead atoms. The topological polar surface area (TPSA) is 20.2 Å². The lowest BCUT2D eigenvalue weighted by molar-refractivity contribution is 0.163. The van der Waals surface area contributed by atoms with Gasteiger partial charge in [0.15, 0.2) is 0 Å². The molecular formula is C20H32O. The average molecular weight is 288 g/mol. The summed E-state index contributed by atoms with van der Waals surface area (Å²) in [6.45, 7) is 2.26. The monoisotopic (exact) mass is 288 g/mol. The van der Waals surface area contributed by atoms with Crippen LogP contribution in [0.4, 0.5) is 0 Å². The number of benzene rings is 1. The summed E-state index contributed by atoms with van der Waals surface area (Å²) in [7, 11) is 0. The Morgan fingerprint density at radius 2 is 1.48 bits per heavy atom. The summed E-state index contributed by atoms with van der Waals surface area (Å²) in [6, 6.07) is 8.68. The van der Waals surface area contributed by atoms with Crippen molar-refractivity contribution >= 4 is 0 Å². The van der Waals surface area contributed by atoms with Crippen molar-refractivity contribution in [3.8, 4) is 0 Å². The zero-order valence-corrected chi connectivity index (χ0v) is 13.7. The summed E-state index contributed by atoms with van der Waals surface area (Å²) in [6.07, 6.45) is 14.0.